The number of nitrogens with zero attached hydrogens (tertiary/aromatic N) is 1. The molecule has 3 nitrogen and oxygen atoms in total. The van der Waals surface area contributed by atoms with E-state index >= 15 is 0 Å². The molecule has 1 aliphatic heterocycles. The molecule has 0 aromatic heterocycles. The summed E-state index contributed by atoms with van der Waals surface area (Å²) in [7, 11) is 0. The fourth-order valence-corrected chi connectivity index (χ4v) is 0.311. The maximum Gasteiger partial charge on any atom is 0.112 e. The van der Waals surface area contributed by atoms with Gasteiger partial charge in [-0.3, -0.25) is 10.3 Å². The van der Waals surface area contributed by atoms with E-state index in [1.54, 1.807) is 6.20 Å². The van der Waals surface area contributed by atoms with E-state index in [9.17, 15) is 0 Å². The molecule has 0 atom stereocenters. The Morgan fingerprint density at radius 2 is 2.71 bits per heavy atom. The highest BCUT2D eigenvalue weighted by Crippen LogP contribution is 1.77. The average Bonchev–Trinajstić information content (AvgIpc) is 1.90. The summed E-state index contributed by atoms with van der Waals surface area (Å²) in [5.41, 5.74) is 2.49. The van der Waals surface area contributed by atoms with Crippen molar-refractivity contribution in [3.63, 3.8) is 0 Å². The van der Waals surface area contributed by atoms with Crippen LogP contribution in [0.15, 0.2) is 17.3 Å². The Bertz CT molecular complexity index is 85.9. The van der Waals surface area contributed by atoms with Crippen LogP contribution in [0.25, 0.3) is 0 Å². The molecule has 0 saturated carbocycles. The van der Waals surface area contributed by atoms with Crippen LogP contribution < -0.4 is 5.48 Å². The van der Waals surface area contributed by atoms with E-state index in [0.29, 0.717) is 6.61 Å². The van der Waals surface area contributed by atoms with Gasteiger partial charge in [0.15, 0.2) is 0 Å². The molecular formula is C4H6N2O. The van der Waals surface area contributed by atoms with E-state index in [-0.39, 0.29) is 0 Å². The predicted molar refractivity (Wildman–Crippen MR) is 26.7 cm³/mol. The van der Waals surface area contributed by atoms with Crippen LogP contribution in [0.2, 0.25) is 0 Å². The highest BCUT2D eigenvalue weighted by atomic mass is 16.6. The summed E-state index contributed by atoms with van der Waals surface area (Å²) in [5, 5.41) is 0. The number of hydrogen-bond donors (Lipinski definition) is 1. The summed E-state index contributed by atoms with van der Waals surface area (Å²) in [6.45, 7) is 0.583. The predicted octanol–water partition coefficient (Wildman–Crippen LogP) is 0.0632. The molecule has 3 heteroatoms. The van der Waals surface area contributed by atoms with Gasteiger partial charge in [0, 0.05) is 6.20 Å². The molecule has 38 valence electrons. The summed E-state index contributed by atoms with van der Waals surface area (Å²) in [5.74, 6) is 0. The van der Waals surface area contributed by atoms with E-state index < -0.39 is 0 Å². The number of hydroxylamine groups is 1. The SMILES string of the molecule is C1=CN=CNOC1. The van der Waals surface area contributed by atoms with Crippen molar-refractivity contribution in [1.82, 2.24) is 5.48 Å². The average molecular weight is 98.1 g/mol. The molecule has 0 amide bonds. The van der Waals surface area contributed by atoms with E-state index in [0.717, 1.165) is 0 Å². The number of aliphatic imine (C=N–C) groups is 1. The van der Waals surface area contributed by atoms with Crippen LogP contribution in [0.5, 0.6) is 0 Å². The lowest BCUT2D eigenvalue weighted by atomic mass is 10.7. The van der Waals surface area contributed by atoms with Crippen molar-refractivity contribution in [3.05, 3.63) is 12.3 Å². The quantitative estimate of drug-likeness (QED) is 0.465. The lowest BCUT2D eigenvalue weighted by molar-refractivity contribution is 0.116. The standard InChI is InChI=1S/C4H6N2O/c1-2-5-4-6-7-3-1/h1-2,4H,3H2,(H,5,6). The van der Waals surface area contributed by atoms with Crippen molar-refractivity contribution in [2.45, 2.75) is 0 Å². The second-order valence-corrected chi connectivity index (χ2v) is 1.09. The zero-order chi connectivity index (χ0) is 4.95. The zero-order valence-electron chi connectivity index (χ0n) is 3.79. The second-order valence-electron chi connectivity index (χ2n) is 1.09. The summed E-state index contributed by atoms with van der Waals surface area (Å²) in [6.07, 6.45) is 4.99. The molecule has 0 aromatic carbocycles. The minimum atomic E-state index is 0.583. The first kappa shape index (κ1) is 4.33. The number of nitrogens with one attached hydrogen (secondary N) is 1. The van der Waals surface area contributed by atoms with Gasteiger partial charge in [-0.2, -0.15) is 0 Å². The van der Waals surface area contributed by atoms with Crippen molar-refractivity contribution in [3.8, 4) is 0 Å². The van der Waals surface area contributed by atoms with Crippen molar-refractivity contribution in [2.24, 2.45) is 4.99 Å². The van der Waals surface area contributed by atoms with E-state index in [1.165, 1.54) is 6.34 Å². The topological polar surface area (TPSA) is 33.6 Å². The van der Waals surface area contributed by atoms with Crippen LogP contribution in [0.1, 0.15) is 0 Å². The third-order valence-electron chi connectivity index (χ3n) is 0.582. The molecule has 0 aromatic rings. The Kier molecular flexibility index (Phi) is 1.46. The largest absolute Gasteiger partial charge is 0.271 e. The molecule has 1 rings (SSSR count). The summed E-state index contributed by atoms with van der Waals surface area (Å²) in [6, 6.07) is 0. The van der Waals surface area contributed by atoms with Crippen LogP contribution in [-0.2, 0) is 4.84 Å². The van der Waals surface area contributed by atoms with Gasteiger partial charge >= 0.3 is 0 Å². The molecule has 1 N–H and O–H groups in total. The maximum absolute atomic E-state index is 4.71. The Hall–Kier alpha value is -0.830. The Morgan fingerprint density at radius 3 is 3.71 bits per heavy atom. The summed E-state index contributed by atoms with van der Waals surface area (Å²) >= 11 is 0. The summed E-state index contributed by atoms with van der Waals surface area (Å²) < 4.78 is 0. The fourth-order valence-electron chi connectivity index (χ4n) is 0.311. The van der Waals surface area contributed by atoms with Gasteiger partial charge in [0.25, 0.3) is 0 Å². The van der Waals surface area contributed by atoms with Gasteiger partial charge in [-0.25, -0.2) is 4.99 Å². The lowest BCUT2D eigenvalue weighted by Crippen LogP contribution is -2.09. The number of hydrogen-bond acceptors (Lipinski definition) is 3. The Morgan fingerprint density at radius 1 is 1.71 bits per heavy atom. The minimum Gasteiger partial charge on any atom is -0.271 e. The van der Waals surface area contributed by atoms with Gasteiger partial charge in [0.1, 0.15) is 6.34 Å². The van der Waals surface area contributed by atoms with Crippen molar-refractivity contribution in [2.75, 3.05) is 6.61 Å². The van der Waals surface area contributed by atoms with Crippen molar-refractivity contribution in [1.29, 1.82) is 0 Å². The normalized spacial score (nSPS) is 18.3. The lowest BCUT2D eigenvalue weighted by Gasteiger charge is -1.90. The molecule has 0 fully saturated rings. The van der Waals surface area contributed by atoms with E-state index in [2.05, 4.69) is 10.5 Å². The first-order valence-electron chi connectivity index (χ1n) is 2.04. The van der Waals surface area contributed by atoms with Gasteiger partial charge in [0.2, 0.25) is 0 Å². The monoisotopic (exact) mass is 98.0 g/mol. The molecule has 0 aliphatic carbocycles. The molecule has 7 heavy (non-hydrogen) atoms. The molecule has 1 aliphatic rings. The second kappa shape index (κ2) is 2.36. The first-order valence-corrected chi connectivity index (χ1v) is 2.04. The molecule has 0 radical (unpaired) electrons. The fraction of sp³-hybridized carbons (Fsp3) is 0.250. The van der Waals surface area contributed by atoms with Crippen molar-refractivity contribution < 1.29 is 4.84 Å². The highest BCUT2D eigenvalue weighted by molar-refractivity contribution is 5.53. The van der Waals surface area contributed by atoms with Crippen LogP contribution in [0.4, 0.5) is 0 Å². The van der Waals surface area contributed by atoms with Crippen LogP contribution in [0, 0.1) is 0 Å². The van der Waals surface area contributed by atoms with Crippen LogP contribution in [-0.4, -0.2) is 12.9 Å². The van der Waals surface area contributed by atoms with Crippen molar-refractivity contribution >= 4 is 6.34 Å². The minimum absolute atomic E-state index is 0.583. The van der Waals surface area contributed by atoms with E-state index in [1.807, 2.05) is 6.08 Å². The third kappa shape index (κ3) is 1.36. The molecule has 0 bridgehead atoms. The molecule has 0 spiro atoms. The Labute approximate surface area is 41.7 Å². The smallest absolute Gasteiger partial charge is 0.112 e. The van der Waals surface area contributed by atoms with Gasteiger partial charge in [-0.1, -0.05) is 0 Å². The third-order valence-corrected chi connectivity index (χ3v) is 0.582. The van der Waals surface area contributed by atoms with Gasteiger partial charge in [-0.15, -0.1) is 0 Å². The van der Waals surface area contributed by atoms with E-state index in [4.69, 9.17) is 4.84 Å². The van der Waals surface area contributed by atoms with Gasteiger partial charge < -0.3 is 0 Å². The molecular weight excluding hydrogens is 92.1 g/mol. The first-order chi connectivity index (χ1) is 3.50. The van der Waals surface area contributed by atoms with Gasteiger partial charge in [0.05, 0.1) is 6.61 Å². The maximum atomic E-state index is 4.71. The zero-order valence-corrected chi connectivity index (χ0v) is 3.79. The molecule has 0 unspecified atom stereocenters. The molecule has 0 saturated heterocycles. The Balaban J connectivity index is 2.39. The van der Waals surface area contributed by atoms with Gasteiger partial charge in [-0.05, 0) is 6.08 Å². The summed E-state index contributed by atoms with van der Waals surface area (Å²) in [4.78, 5) is 8.44. The highest BCUT2D eigenvalue weighted by Gasteiger charge is 1.78. The van der Waals surface area contributed by atoms with Crippen LogP contribution in [0.3, 0.4) is 0 Å². The molecule has 1 heterocycles. The number of rotatable bonds is 0. The van der Waals surface area contributed by atoms with Crippen LogP contribution >= 0.6 is 0 Å².